The van der Waals surface area contributed by atoms with E-state index in [2.05, 4.69) is 14.8 Å². The zero-order valence-electron chi connectivity index (χ0n) is 17.7. The Kier molecular flexibility index (Phi) is 6.98. The third-order valence-corrected chi connectivity index (χ3v) is 6.89. The minimum atomic E-state index is -3.78. The number of ether oxygens (including phenoxy) is 2. The Morgan fingerprint density at radius 2 is 1.47 bits per heavy atom. The predicted molar refractivity (Wildman–Crippen MR) is 119 cm³/mol. The van der Waals surface area contributed by atoms with E-state index in [-0.39, 0.29) is 31.3 Å². The van der Waals surface area contributed by atoms with Crippen LogP contribution >= 0.6 is 0 Å². The molecule has 1 fully saturated rings. The van der Waals surface area contributed by atoms with Gasteiger partial charge in [-0.1, -0.05) is 12.1 Å². The number of carbonyl (C=O) groups is 2. The molecule has 1 aliphatic rings. The molecule has 0 bridgehead atoms. The number of nitrogens with zero attached hydrogens (tertiary/aromatic N) is 2. The Hall–Kier alpha value is -3.60. The average molecular weight is 461 g/mol. The van der Waals surface area contributed by atoms with Gasteiger partial charge in [-0.15, -0.1) is 0 Å². The summed E-state index contributed by atoms with van der Waals surface area (Å²) >= 11 is 0. The van der Waals surface area contributed by atoms with E-state index in [1.807, 2.05) is 0 Å². The van der Waals surface area contributed by atoms with Crippen LogP contribution in [0, 0.1) is 5.41 Å². The number of hydrogen-bond donors (Lipinski definition) is 2. The summed E-state index contributed by atoms with van der Waals surface area (Å²) in [5, 5.41) is 10.1. The van der Waals surface area contributed by atoms with Crippen LogP contribution in [0.2, 0.25) is 0 Å². The minimum Gasteiger partial charge on any atom is -0.469 e. The highest BCUT2D eigenvalue weighted by molar-refractivity contribution is 7.94. The maximum atomic E-state index is 13.1. The van der Waals surface area contributed by atoms with Gasteiger partial charge in [-0.3, -0.25) is 24.1 Å². The Morgan fingerprint density at radius 1 is 0.938 bits per heavy atom. The molecule has 3 rings (SSSR count). The van der Waals surface area contributed by atoms with E-state index in [4.69, 9.17) is 5.41 Å². The number of anilines is 2. The number of aryl methyl sites for hydroxylation is 1. The Bertz CT molecular complexity index is 1100. The third kappa shape index (κ3) is 4.99. The molecular weight excluding hydrogens is 436 g/mol. The summed E-state index contributed by atoms with van der Waals surface area (Å²) in [4.78, 5) is 22.5. The van der Waals surface area contributed by atoms with E-state index >= 15 is 0 Å². The van der Waals surface area contributed by atoms with Crippen LogP contribution in [-0.2, 0) is 30.9 Å². The Morgan fingerprint density at radius 3 is 1.97 bits per heavy atom. The van der Waals surface area contributed by atoms with Gasteiger partial charge in [0, 0.05) is 12.0 Å². The van der Waals surface area contributed by atoms with Gasteiger partial charge in [0.15, 0.2) is 0 Å². The maximum absolute atomic E-state index is 13.1. The first-order chi connectivity index (χ1) is 15.3. The normalized spacial score (nSPS) is 14.7. The number of alkyl carbamates (subject to hydrolysis) is 1. The largest absolute Gasteiger partial charge is 0.469 e. The van der Waals surface area contributed by atoms with Gasteiger partial charge in [0.25, 0.3) is 0 Å². The first kappa shape index (κ1) is 23.1. The number of rotatable bonds is 6. The van der Waals surface area contributed by atoms with E-state index in [0.29, 0.717) is 23.4 Å². The summed E-state index contributed by atoms with van der Waals surface area (Å²) in [6, 6.07) is 13.3. The first-order valence-corrected chi connectivity index (χ1v) is 11.2. The molecule has 170 valence electrons. The van der Waals surface area contributed by atoms with E-state index in [9.17, 15) is 18.0 Å². The number of amides is 1. The fourth-order valence-electron chi connectivity index (χ4n) is 3.25. The molecule has 0 radical (unpaired) electrons. The number of hydrogen-bond acceptors (Lipinski definition) is 7. The highest BCUT2D eigenvalue weighted by Gasteiger charge is 2.36. The van der Waals surface area contributed by atoms with E-state index in [0.717, 1.165) is 5.56 Å². The fraction of sp³-hybridized carbons (Fsp3) is 0.286. The molecule has 1 heterocycles. The van der Waals surface area contributed by atoms with Crippen molar-refractivity contribution in [2.75, 3.05) is 35.9 Å². The molecule has 2 aromatic carbocycles. The van der Waals surface area contributed by atoms with Crippen molar-refractivity contribution in [1.82, 2.24) is 5.32 Å². The summed E-state index contributed by atoms with van der Waals surface area (Å²) in [6.07, 6.45) is 0.0138. The number of esters is 1. The summed E-state index contributed by atoms with van der Waals surface area (Å²) in [7, 11) is -1.24. The van der Waals surface area contributed by atoms with Gasteiger partial charge in [0.1, 0.15) is 5.84 Å². The predicted octanol–water partition coefficient (Wildman–Crippen LogP) is 2.04. The van der Waals surface area contributed by atoms with Crippen LogP contribution in [0.3, 0.4) is 0 Å². The lowest BCUT2D eigenvalue weighted by atomic mass is 10.1. The standard InChI is InChI=1S/C21H24N4O6S/c1-30-19(26)12-5-15-3-8-17(9-4-15)24-13-14-25(32(24,28)29)18-10-6-16(7-11-18)20(22)23-21(27)31-2/h3-4,6-11H,5,12-14H2,1-2H3,(H2,22,23,27). The molecule has 0 spiro atoms. The second kappa shape index (κ2) is 9.69. The van der Waals surface area contributed by atoms with Crippen molar-refractivity contribution >= 4 is 39.5 Å². The van der Waals surface area contributed by atoms with E-state index in [1.54, 1.807) is 48.5 Å². The van der Waals surface area contributed by atoms with Crippen molar-refractivity contribution in [2.45, 2.75) is 12.8 Å². The molecule has 0 aromatic heterocycles. The molecule has 1 amide bonds. The van der Waals surface area contributed by atoms with Gasteiger partial charge >= 0.3 is 22.3 Å². The summed E-state index contributed by atoms with van der Waals surface area (Å²) in [5.41, 5.74) is 2.31. The number of nitrogens with one attached hydrogen (secondary N) is 2. The molecule has 32 heavy (non-hydrogen) atoms. The zero-order valence-corrected chi connectivity index (χ0v) is 18.5. The number of benzene rings is 2. The van der Waals surface area contributed by atoms with Crippen molar-refractivity contribution in [3.8, 4) is 0 Å². The molecule has 0 aliphatic carbocycles. The highest BCUT2D eigenvalue weighted by Crippen LogP contribution is 2.30. The number of methoxy groups -OCH3 is 2. The average Bonchev–Trinajstić information content (AvgIpc) is 3.12. The maximum Gasteiger partial charge on any atom is 0.412 e. The molecule has 0 unspecified atom stereocenters. The lowest BCUT2D eigenvalue weighted by molar-refractivity contribution is -0.140. The van der Waals surface area contributed by atoms with Crippen LogP contribution in [-0.4, -0.2) is 53.6 Å². The Balaban J connectivity index is 1.71. The molecule has 2 N–H and O–H groups in total. The minimum absolute atomic E-state index is 0.151. The van der Waals surface area contributed by atoms with Crippen LogP contribution in [0.15, 0.2) is 48.5 Å². The lowest BCUT2D eigenvalue weighted by Gasteiger charge is -2.21. The van der Waals surface area contributed by atoms with Gasteiger partial charge in [-0.2, -0.15) is 8.42 Å². The van der Waals surface area contributed by atoms with Crippen LogP contribution in [0.4, 0.5) is 16.2 Å². The molecule has 0 atom stereocenters. The molecule has 10 nitrogen and oxygen atoms in total. The zero-order chi connectivity index (χ0) is 23.3. The number of carbonyl (C=O) groups excluding carboxylic acids is 2. The summed E-state index contributed by atoms with van der Waals surface area (Å²) < 4.78 is 37.9. The van der Waals surface area contributed by atoms with Crippen LogP contribution in [0.1, 0.15) is 17.5 Å². The molecule has 1 aliphatic heterocycles. The second-order valence-corrected chi connectivity index (χ2v) is 8.71. The van der Waals surface area contributed by atoms with Crippen molar-refractivity contribution < 1.29 is 27.5 Å². The molecular formula is C21H24N4O6S. The fourth-order valence-corrected chi connectivity index (χ4v) is 4.89. The topological polar surface area (TPSA) is 129 Å². The van der Waals surface area contributed by atoms with Crippen LogP contribution in [0.5, 0.6) is 0 Å². The molecule has 11 heteroatoms. The van der Waals surface area contributed by atoms with Gasteiger partial charge in [-0.05, 0) is 48.4 Å². The van der Waals surface area contributed by atoms with Crippen molar-refractivity contribution in [3.63, 3.8) is 0 Å². The summed E-state index contributed by atoms with van der Waals surface area (Å²) in [5.74, 6) is -0.448. The quantitative estimate of drug-likeness (QED) is 0.386. The van der Waals surface area contributed by atoms with Gasteiger partial charge < -0.3 is 9.47 Å². The Labute approximate surface area is 186 Å². The van der Waals surface area contributed by atoms with Crippen molar-refractivity contribution in [3.05, 3.63) is 59.7 Å². The summed E-state index contributed by atoms with van der Waals surface area (Å²) in [6.45, 7) is 0.551. The third-order valence-electron chi connectivity index (χ3n) is 4.99. The van der Waals surface area contributed by atoms with Crippen molar-refractivity contribution in [1.29, 1.82) is 5.41 Å². The monoisotopic (exact) mass is 460 g/mol. The van der Waals surface area contributed by atoms with Gasteiger partial charge in [0.2, 0.25) is 0 Å². The molecule has 0 saturated carbocycles. The lowest BCUT2D eigenvalue weighted by Crippen LogP contribution is -2.33. The van der Waals surface area contributed by atoms with Crippen LogP contribution < -0.4 is 13.9 Å². The number of amidine groups is 1. The van der Waals surface area contributed by atoms with Gasteiger partial charge in [-0.25, -0.2) is 4.79 Å². The molecule has 1 saturated heterocycles. The highest BCUT2D eigenvalue weighted by atomic mass is 32.2. The van der Waals surface area contributed by atoms with Crippen molar-refractivity contribution in [2.24, 2.45) is 0 Å². The van der Waals surface area contributed by atoms with E-state index in [1.165, 1.54) is 22.8 Å². The second-order valence-electron chi connectivity index (χ2n) is 6.93. The van der Waals surface area contributed by atoms with E-state index < -0.39 is 16.3 Å². The first-order valence-electron chi connectivity index (χ1n) is 9.76. The smallest absolute Gasteiger partial charge is 0.412 e. The van der Waals surface area contributed by atoms with Gasteiger partial charge in [0.05, 0.1) is 38.7 Å². The SMILES string of the molecule is COC(=O)CCc1ccc(N2CCN(c3ccc(C(=N)NC(=O)OC)cc3)S2(=O)=O)cc1. The van der Waals surface area contributed by atoms with Crippen LogP contribution in [0.25, 0.3) is 0 Å². The molecule has 2 aromatic rings.